The summed E-state index contributed by atoms with van der Waals surface area (Å²) in [6.07, 6.45) is 2.16. The lowest BCUT2D eigenvalue weighted by Crippen LogP contribution is -2.42. The molecule has 2 fully saturated rings. The van der Waals surface area contributed by atoms with E-state index in [1.54, 1.807) is 4.68 Å². The number of nitrogens with zero attached hydrogens (tertiary/aromatic N) is 5. The summed E-state index contributed by atoms with van der Waals surface area (Å²) >= 11 is 0. The normalized spacial score (nSPS) is 21.3. The number of rotatable bonds is 5. The lowest BCUT2D eigenvalue weighted by atomic mass is 10.0. The molecule has 1 aromatic carbocycles. The van der Waals surface area contributed by atoms with E-state index in [0.717, 1.165) is 35.9 Å². The van der Waals surface area contributed by atoms with Crippen molar-refractivity contribution < 1.29 is 9.47 Å². The van der Waals surface area contributed by atoms with Crippen molar-refractivity contribution in [3.05, 3.63) is 51.6 Å². The third-order valence-corrected chi connectivity index (χ3v) is 6.03. The number of ether oxygens (including phenoxy) is 2. The number of aromatic amines is 1. The van der Waals surface area contributed by atoms with Crippen LogP contribution in [0.5, 0.6) is 0 Å². The first kappa shape index (κ1) is 19.3. The number of H-pyrrole nitrogens is 1. The van der Waals surface area contributed by atoms with Gasteiger partial charge in [-0.3, -0.25) is 9.69 Å². The second-order valence-corrected chi connectivity index (χ2v) is 8.00. The summed E-state index contributed by atoms with van der Waals surface area (Å²) in [5, 5.41) is 13.5. The van der Waals surface area contributed by atoms with E-state index in [0.29, 0.717) is 44.2 Å². The lowest BCUT2D eigenvalue weighted by Gasteiger charge is -2.33. The molecule has 2 aromatic heterocycles. The van der Waals surface area contributed by atoms with E-state index in [-0.39, 0.29) is 17.7 Å². The molecule has 2 aliphatic rings. The average Bonchev–Trinajstić information content (AvgIpc) is 3.43. The van der Waals surface area contributed by atoms with Gasteiger partial charge >= 0.3 is 0 Å². The van der Waals surface area contributed by atoms with Crippen LogP contribution in [0.1, 0.15) is 35.8 Å². The fraction of sp³-hybridized carbons (Fsp3) is 0.524. The van der Waals surface area contributed by atoms with Crippen molar-refractivity contribution in [1.29, 1.82) is 0 Å². The third kappa shape index (κ3) is 3.64. The van der Waals surface area contributed by atoms with Gasteiger partial charge in [0.1, 0.15) is 6.04 Å². The first-order valence-corrected chi connectivity index (χ1v) is 10.5. The Labute approximate surface area is 174 Å². The Hall–Kier alpha value is -2.62. The molecule has 5 rings (SSSR count). The van der Waals surface area contributed by atoms with Gasteiger partial charge in [0.05, 0.1) is 31.4 Å². The summed E-state index contributed by atoms with van der Waals surface area (Å²) in [4.78, 5) is 18.5. The topological polar surface area (TPSA) is 98.2 Å². The summed E-state index contributed by atoms with van der Waals surface area (Å²) in [6.45, 7) is 6.03. The van der Waals surface area contributed by atoms with Crippen molar-refractivity contribution in [2.24, 2.45) is 0 Å². The monoisotopic (exact) mass is 410 g/mol. The molecular weight excluding hydrogens is 384 g/mol. The summed E-state index contributed by atoms with van der Waals surface area (Å²) in [5.74, 6) is 0.671. The predicted molar refractivity (Wildman–Crippen MR) is 110 cm³/mol. The SMILES string of the molecule is Cc1cccc2cc([C@@H](c3nnnn3C[C@H]3CCCO3)N3CCOCC3)c(=O)[nH]c12. The molecule has 0 spiro atoms. The van der Waals surface area contributed by atoms with Crippen molar-refractivity contribution in [1.82, 2.24) is 30.1 Å². The summed E-state index contributed by atoms with van der Waals surface area (Å²) in [5.41, 5.74) is 2.45. The van der Waals surface area contributed by atoms with Crippen LogP contribution in [-0.4, -0.2) is 69.1 Å². The van der Waals surface area contributed by atoms with E-state index in [9.17, 15) is 4.79 Å². The summed E-state index contributed by atoms with van der Waals surface area (Å²) < 4.78 is 13.1. The molecule has 0 amide bonds. The Balaban J connectivity index is 1.60. The van der Waals surface area contributed by atoms with Crippen molar-refractivity contribution in [2.45, 2.75) is 38.5 Å². The second-order valence-electron chi connectivity index (χ2n) is 8.00. The number of aryl methyl sites for hydroxylation is 1. The first-order valence-electron chi connectivity index (χ1n) is 10.5. The molecule has 4 heterocycles. The Morgan fingerprint density at radius 3 is 2.93 bits per heavy atom. The Bertz CT molecular complexity index is 1080. The number of para-hydroxylation sites is 1. The Morgan fingerprint density at radius 1 is 1.27 bits per heavy atom. The maximum atomic E-state index is 13.2. The van der Waals surface area contributed by atoms with E-state index in [1.165, 1.54) is 0 Å². The summed E-state index contributed by atoms with van der Waals surface area (Å²) in [7, 11) is 0. The highest BCUT2D eigenvalue weighted by molar-refractivity contribution is 5.82. The second kappa shape index (κ2) is 8.25. The van der Waals surface area contributed by atoms with Crippen molar-refractivity contribution >= 4 is 10.9 Å². The highest BCUT2D eigenvalue weighted by atomic mass is 16.5. The molecule has 0 aliphatic carbocycles. The predicted octanol–water partition coefficient (Wildman–Crippen LogP) is 1.42. The number of pyridine rings is 1. The number of nitrogens with one attached hydrogen (secondary N) is 1. The van der Waals surface area contributed by atoms with E-state index in [2.05, 4.69) is 25.4 Å². The fourth-order valence-electron chi connectivity index (χ4n) is 4.46. The van der Waals surface area contributed by atoms with Gasteiger partial charge in [0.2, 0.25) is 0 Å². The molecule has 9 heteroatoms. The fourth-order valence-corrected chi connectivity index (χ4v) is 4.46. The molecule has 2 atom stereocenters. The van der Waals surface area contributed by atoms with Crippen LogP contribution >= 0.6 is 0 Å². The molecule has 0 saturated carbocycles. The molecule has 0 bridgehead atoms. The van der Waals surface area contributed by atoms with Gasteiger partial charge in [-0.2, -0.15) is 0 Å². The zero-order valence-corrected chi connectivity index (χ0v) is 17.1. The highest BCUT2D eigenvalue weighted by Crippen LogP contribution is 2.28. The zero-order chi connectivity index (χ0) is 20.5. The van der Waals surface area contributed by atoms with Crippen molar-refractivity contribution in [3.63, 3.8) is 0 Å². The number of hydrogen-bond acceptors (Lipinski definition) is 7. The molecule has 2 aliphatic heterocycles. The van der Waals surface area contributed by atoms with Crippen LogP contribution in [0.25, 0.3) is 10.9 Å². The molecule has 1 N–H and O–H groups in total. The van der Waals surface area contributed by atoms with E-state index in [4.69, 9.17) is 9.47 Å². The van der Waals surface area contributed by atoms with Gasteiger partial charge in [0, 0.05) is 25.3 Å². The van der Waals surface area contributed by atoms with Gasteiger partial charge in [0.25, 0.3) is 5.56 Å². The van der Waals surface area contributed by atoms with Crippen LogP contribution in [0, 0.1) is 6.92 Å². The minimum atomic E-state index is -0.348. The lowest BCUT2D eigenvalue weighted by molar-refractivity contribution is 0.0205. The highest BCUT2D eigenvalue weighted by Gasteiger charge is 2.32. The van der Waals surface area contributed by atoms with Crippen molar-refractivity contribution in [3.8, 4) is 0 Å². The van der Waals surface area contributed by atoms with Crippen LogP contribution in [0.4, 0.5) is 0 Å². The molecule has 0 unspecified atom stereocenters. The van der Waals surface area contributed by atoms with Gasteiger partial charge in [-0.25, -0.2) is 4.68 Å². The van der Waals surface area contributed by atoms with Gasteiger partial charge in [0.15, 0.2) is 5.82 Å². The largest absolute Gasteiger partial charge is 0.379 e. The van der Waals surface area contributed by atoms with E-state index in [1.807, 2.05) is 31.2 Å². The van der Waals surface area contributed by atoms with Gasteiger partial charge in [-0.1, -0.05) is 18.2 Å². The number of benzene rings is 1. The van der Waals surface area contributed by atoms with E-state index < -0.39 is 0 Å². The number of morpholine rings is 1. The van der Waals surface area contributed by atoms with Gasteiger partial charge in [-0.05, 0) is 47.2 Å². The van der Waals surface area contributed by atoms with Crippen LogP contribution in [0.2, 0.25) is 0 Å². The molecule has 0 radical (unpaired) electrons. The van der Waals surface area contributed by atoms with Gasteiger partial charge in [-0.15, -0.1) is 5.10 Å². The third-order valence-electron chi connectivity index (χ3n) is 6.03. The van der Waals surface area contributed by atoms with Crippen LogP contribution in [0.15, 0.2) is 29.1 Å². The maximum absolute atomic E-state index is 13.2. The maximum Gasteiger partial charge on any atom is 0.253 e. The molecule has 158 valence electrons. The standard InChI is InChI=1S/C21H26N6O3/c1-14-4-2-5-15-12-17(21(28)22-18(14)15)19(26-7-10-29-11-8-26)20-23-24-25-27(20)13-16-6-3-9-30-16/h2,4-5,12,16,19H,3,6-11,13H2,1H3,(H,22,28)/t16-,19+/m1/s1. The molecular formula is C21H26N6O3. The first-order chi connectivity index (χ1) is 14.7. The van der Waals surface area contributed by atoms with Crippen LogP contribution in [-0.2, 0) is 16.0 Å². The van der Waals surface area contributed by atoms with Crippen molar-refractivity contribution in [2.75, 3.05) is 32.9 Å². The molecule has 2 saturated heterocycles. The minimum Gasteiger partial charge on any atom is -0.379 e. The van der Waals surface area contributed by atoms with Crippen LogP contribution < -0.4 is 5.56 Å². The smallest absolute Gasteiger partial charge is 0.253 e. The molecule has 30 heavy (non-hydrogen) atoms. The molecule has 3 aromatic rings. The molecule has 9 nitrogen and oxygen atoms in total. The quantitative estimate of drug-likeness (QED) is 0.679. The van der Waals surface area contributed by atoms with Gasteiger partial charge < -0.3 is 14.5 Å². The minimum absolute atomic E-state index is 0.107. The summed E-state index contributed by atoms with van der Waals surface area (Å²) in [6, 6.07) is 7.66. The number of aromatic nitrogens is 5. The number of tetrazole rings is 1. The van der Waals surface area contributed by atoms with Crippen LogP contribution in [0.3, 0.4) is 0 Å². The number of fused-ring (bicyclic) bond motifs is 1. The van der Waals surface area contributed by atoms with E-state index >= 15 is 0 Å². The Kier molecular flexibility index (Phi) is 5.32. The average molecular weight is 410 g/mol. The Morgan fingerprint density at radius 2 is 2.13 bits per heavy atom. The number of hydrogen-bond donors (Lipinski definition) is 1. The zero-order valence-electron chi connectivity index (χ0n) is 17.1.